The molecule has 0 spiro atoms. The van der Waals surface area contributed by atoms with Gasteiger partial charge in [0.1, 0.15) is 22.8 Å². The standard InChI is InChI=1S/C17H19NO5/c1-10-9-13(11(2)22-10)17(20)23-12(3)16(19)18-14-7-5-6-8-15(14)21-4/h5-9,12H,1-4H3,(H,18,19)/t12-/m0/s1. The van der Waals surface area contributed by atoms with Crippen LogP contribution in [0.3, 0.4) is 0 Å². The molecule has 0 saturated carbocycles. The minimum absolute atomic E-state index is 0.319. The lowest BCUT2D eigenvalue weighted by molar-refractivity contribution is -0.123. The van der Waals surface area contributed by atoms with E-state index in [0.29, 0.717) is 28.5 Å². The minimum atomic E-state index is -0.956. The summed E-state index contributed by atoms with van der Waals surface area (Å²) in [4.78, 5) is 24.3. The van der Waals surface area contributed by atoms with Gasteiger partial charge in [0.05, 0.1) is 12.8 Å². The second-order valence-electron chi connectivity index (χ2n) is 5.06. The Balaban J connectivity index is 2.02. The second-order valence-corrected chi connectivity index (χ2v) is 5.06. The van der Waals surface area contributed by atoms with E-state index < -0.39 is 18.0 Å². The van der Waals surface area contributed by atoms with Crippen molar-refractivity contribution in [2.24, 2.45) is 0 Å². The monoisotopic (exact) mass is 317 g/mol. The number of esters is 1. The van der Waals surface area contributed by atoms with Crippen LogP contribution in [0.2, 0.25) is 0 Å². The van der Waals surface area contributed by atoms with Crippen molar-refractivity contribution in [3.05, 3.63) is 47.4 Å². The summed E-state index contributed by atoms with van der Waals surface area (Å²) in [6, 6.07) is 8.58. The van der Waals surface area contributed by atoms with E-state index in [1.807, 2.05) is 0 Å². The van der Waals surface area contributed by atoms with Gasteiger partial charge in [-0.05, 0) is 39.0 Å². The summed E-state index contributed by atoms with van der Waals surface area (Å²) in [6.45, 7) is 4.91. The summed E-state index contributed by atoms with van der Waals surface area (Å²) < 4.78 is 15.6. The molecule has 0 radical (unpaired) electrons. The van der Waals surface area contributed by atoms with E-state index in [4.69, 9.17) is 13.9 Å². The van der Waals surface area contributed by atoms with Crippen LogP contribution in [0.25, 0.3) is 0 Å². The molecule has 0 fully saturated rings. The molecule has 0 unspecified atom stereocenters. The van der Waals surface area contributed by atoms with Gasteiger partial charge in [-0.2, -0.15) is 0 Å². The number of rotatable bonds is 5. The molecule has 0 aliphatic carbocycles. The van der Waals surface area contributed by atoms with Crippen LogP contribution in [0, 0.1) is 13.8 Å². The summed E-state index contributed by atoms with van der Waals surface area (Å²) in [6.07, 6.45) is -0.956. The van der Waals surface area contributed by atoms with E-state index in [1.165, 1.54) is 14.0 Å². The lowest BCUT2D eigenvalue weighted by Crippen LogP contribution is -2.30. The minimum Gasteiger partial charge on any atom is -0.495 e. The number of benzene rings is 1. The molecule has 0 saturated heterocycles. The molecule has 1 N–H and O–H groups in total. The number of carbonyl (C=O) groups excluding carboxylic acids is 2. The lowest BCUT2D eigenvalue weighted by Gasteiger charge is -2.14. The molecular weight excluding hydrogens is 298 g/mol. The predicted octanol–water partition coefficient (Wildman–Crippen LogP) is 3.09. The lowest BCUT2D eigenvalue weighted by atomic mass is 10.2. The van der Waals surface area contributed by atoms with Gasteiger partial charge in [-0.15, -0.1) is 0 Å². The van der Waals surface area contributed by atoms with Crippen LogP contribution in [-0.4, -0.2) is 25.1 Å². The van der Waals surface area contributed by atoms with E-state index in [-0.39, 0.29) is 0 Å². The number of amides is 1. The highest BCUT2D eigenvalue weighted by Crippen LogP contribution is 2.23. The van der Waals surface area contributed by atoms with Gasteiger partial charge in [0.25, 0.3) is 5.91 Å². The maximum atomic E-state index is 12.2. The molecular formula is C17H19NO5. The maximum Gasteiger partial charge on any atom is 0.342 e. The molecule has 6 nitrogen and oxygen atoms in total. The van der Waals surface area contributed by atoms with Crippen molar-refractivity contribution in [1.29, 1.82) is 0 Å². The number of para-hydroxylation sites is 2. The first-order chi connectivity index (χ1) is 10.9. The Morgan fingerprint density at radius 1 is 1.22 bits per heavy atom. The van der Waals surface area contributed by atoms with Gasteiger partial charge in [-0.3, -0.25) is 4.79 Å². The Morgan fingerprint density at radius 2 is 1.91 bits per heavy atom. The Kier molecular flexibility index (Phi) is 5.05. The number of aryl methyl sites for hydroxylation is 2. The van der Waals surface area contributed by atoms with Crippen molar-refractivity contribution in [2.45, 2.75) is 26.9 Å². The van der Waals surface area contributed by atoms with Gasteiger partial charge in [0.2, 0.25) is 0 Å². The second kappa shape index (κ2) is 7.00. The molecule has 122 valence electrons. The third kappa shape index (κ3) is 3.91. The first kappa shape index (κ1) is 16.6. The van der Waals surface area contributed by atoms with Crippen molar-refractivity contribution >= 4 is 17.6 Å². The molecule has 6 heteroatoms. The summed E-state index contributed by atoms with van der Waals surface area (Å²) in [5.74, 6) is 0.564. The number of hydrogen-bond donors (Lipinski definition) is 1. The van der Waals surface area contributed by atoms with E-state index in [2.05, 4.69) is 5.32 Å². The molecule has 1 atom stereocenters. The Bertz CT molecular complexity index is 720. The smallest absolute Gasteiger partial charge is 0.342 e. The number of carbonyl (C=O) groups is 2. The Labute approximate surface area is 134 Å². The molecule has 2 aromatic rings. The fourth-order valence-electron chi connectivity index (χ4n) is 2.09. The van der Waals surface area contributed by atoms with Gasteiger partial charge in [-0.25, -0.2) is 4.79 Å². The van der Waals surface area contributed by atoms with Crippen LogP contribution < -0.4 is 10.1 Å². The van der Waals surface area contributed by atoms with Crippen molar-refractivity contribution < 1.29 is 23.5 Å². The molecule has 1 aromatic heterocycles. The fraction of sp³-hybridized carbons (Fsp3) is 0.294. The quantitative estimate of drug-likeness (QED) is 0.857. The van der Waals surface area contributed by atoms with Gasteiger partial charge in [0, 0.05) is 0 Å². The number of nitrogens with one attached hydrogen (secondary N) is 1. The predicted molar refractivity (Wildman–Crippen MR) is 84.7 cm³/mol. The molecule has 0 aliphatic heterocycles. The number of furan rings is 1. The number of hydrogen-bond acceptors (Lipinski definition) is 5. The largest absolute Gasteiger partial charge is 0.495 e. The van der Waals surface area contributed by atoms with E-state index in [0.717, 1.165) is 0 Å². The van der Waals surface area contributed by atoms with Gasteiger partial charge in [-0.1, -0.05) is 12.1 Å². The van der Waals surface area contributed by atoms with Gasteiger partial charge >= 0.3 is 5.97 Å². The number of methoxy groups -OCH3 is 1. The van der Waals surface area contributed by atoms with Crippen molar-refractivity contribution in [2.75, 3.05) is 12.4 Å². The van der Waals surface area contributed by atoms with Crippen LogP contribution in [0.5, 0.6) is 5.75 Å². The zero-order valence-corrected chi connectivity index (χ0v) is 13.5. The van der Waals surface area contributed by atoms with Crippen molar-refractivity contribution in [3.63, 3.8) is 0 Å². The van der Waals surface area contributed by atoms with Gasteiger partial charge < -0.3 is 19.2 Å². The van der Waals surface area contributed by atoms with Crippen molar-refractivity contribution in [1.82, 2.24) is 0 Å². The molecule has 0 aliphatic rings. The molecule has 1 aromatic carbocycles. The zero-order valence-electron chi connectivity index (χ0n) is 13.5. The van der Waals surface area contributed by atoms with Crippen LogP contribution >= 0.6 is 0 Å². The van der Waals surface area contributed by atoms with Gasteiger partial charge in [0.15, 0.2) is 6.10 Å². The van der Waals surface area contributed by atoms with E-state index in [9.17, 15) is 9.59 Å². The summed E-state index contributed by atoms with van der Waals surface area (Å²) in [5, 5.41) is 2.67. The summed E-state index contributed by atoms with van der Waals surface area (Å²) in [5.41, 5.74) is 0.831. The molecule has 1 amide bonds. The summed E-state index contributed by atoms with van der Waals surface area (Å²) in [7, 11) is 1.51. The highest BCUT2D eigenvalue weighted by molar-refractivity contribution is 5.98. The maximum absolute atomic E-state index is 12.2. The van der Waals surface area contributed by atoms with E-state index >= 15 is 0 Å². The van der Waals surface area contributed by atoms with Crippen molar-refractivity contribution in [3.8, 4) is 5.75 Å². The molecule has 2 rings (SSSR count). The Morgan fingerprint density at radius 3 is 2.52 bits per heavy atom. The SMILES string of the molecule is COc1ccccc1NC(=O)[C@H](C)OC(=O)c1cc(C)oc1C. The van der Waals surface area contributed by atoms with Crippen LogP contribution in [-0.2, 0) is 9.53 Å². The van der Waals surface area contributed by atoms with Crippen LogP contribution in [0.1, 0.15) is 28.8 Å². The third-order valence-corrected chi connectivity index (χ3v) is 3.28. The molecule has 0 bridgehead atoms. The van der Waals surface area contributed by atoms with E-state index in [1.54, 1.807) is 44.2 Å². The molecule has 23 heavy (non-hydrogen) atoms. The number of ether oxygens (including phenoxy) is 2. The normalized spacial score (nSPS) is 11.7. The average molecular weight is 317 g/mol. The first-order valence-corrected chi connectivity index (χ1v) is 7.14. The van der Waals surface area contributed by atoms with Crippen LogP contribution in [0.15, 0.2) is 34.7 Å². The summed E-state index contributed by atoms with van der Waals surface area (Å²) >= 11 is 0. The highest BCUT2D eigenvalue weighted by atomic mass is 16.5. The Hall–Kier alpha value is -2.76. The molecule has 1 heterocycles. The first-order valence-electron chi connectivity index (χ1n) is 7.14. The third-order valence-electron chi connectivity index (χ3n) is 3.28. The fourth-order valence-corrected chi connectivity index (χ4v) is 2.09. The number of anilines is 1. The topological polar surface area (TPSA) is 77.8 Å². The average Bonchev–Trinajstić information content (AvgIpc) is 2.86. The zero-order chi connectivity index (χ0) is 17.0. The van der Waals surface area contributed by atoms with Crippen LogP contribution in [0.4, 0.5) is 5.69 Å². The highest BCUT2D eigenvalue weighted by Gasteiger charge is 2.22.